The summed E-state index contributed by atoms with van der Waals surface area (Å²) < 4.78 is 5.20. The lowest BCUT2D eigenvalue weighted by Gasteiger charge is -2.28. The summed E-state index contributed by atoms with van der Waals surface area (Å²) in [4.78, 5) is 14.5. The summed E-state index contributed by atoms with van der Waals surface area (Å²) in [6.07, 6.45) is 5.09. The Hall–Kier alpha value is -1.55. The van der Waals surface area contributed by atoms with Crippen LogP contribution in [0.2, 0.25) is 0 Å². The summed E-state index contributed by atoms with van der Waals surface area (Å²) in [5, 5.41) is 0. The van der Waals surface area contributed by atoms with E-state index in [1.165, 1.54) is 12.8 Å². The number of amides is 1. The molecule has 0 atom stereocenters. The first kappa shape index (κ1) is 14.9. The fourth-order valence-electron chi connectivity index (χ4n) is 2.92. The largest absolute Gasteiger partial charge is 0.497 e. The van der Waals surface area contributed by atoms with Gasteiger partial charge in [-0.05, 0) is 30.5 Å². The molecule has 0 radical (unpaired) electrons. The van der Waals surface area contributed by atoms with Crippen LogP contribution >= 0.6 is 0 Å². The molecular weight excluding hydrogens is 252 g/mol. The van der Waals surface area contributed by atoms with Crippen molar-refractivity contribution in [2.45, 2.75) is 38.1 Å². The van der Waals surface area contributed by atoms with Gasteiger partial charge in [0.15, 0.2) is 0 Å². The Labute approximate surface area is 120 Å². The molecule has 0 aromatic heterocycles. The number of nitrogens with zero attached hydrogens (tertiary/aromatic N) is 1. The molecule has 0 saturated heterocycles. The summed E-state index contributed by atoms with van der Waals surface area (Å²) in [6.45, 7) is 1.19. The maximum atomic E-state index is 12.5. The van der Waals surface area contributed by atoms with Crippen LogP contribution in [0, 0.1) is 0 Å². The Bertz CT molecular complexity index is 442. The third-order valence-electron chi connectivity index (χ3n) is 3.95. The first-order valence-corrected chi connectivity index (χ1v) is 7.37. The second kappa shape index (κ2) is 7.29. The molecule has 1 fully saturated rings. The number of hydrogen-bond donors (Lipinski definition) is 1. The molecule has 1 saturated carbocycles. The number of carbonyl (C=O) groups is 1. The van der Waals surface area contributed by atoms with Crippen molar-refractivity contribution < 1.29 is 9.53 Å². The van der Waals surface area contributed by atoms with Gasteiger partial charge in [-0.25, -0.2) is 0 Å². The molecular formula is C16H24N2O2. The summed E-state index contributed by atoms with van der Waals surface area (Å²) in [6, 6.07) is 8.09. The van der Waals surface area contributed by atoms with Crippen molar-refractivity contribution in [2.24, 2.45) is 5.73 Å². The summed E-state index contributed by atoms with van der Waals surface area (Å²) >= 11 is 0. The van der Waals surface area contributed by atoms with E-state index in [0.717, 1.165) is 24.2 Å². The minimum atomic E-state index is 0.176. The quantitative estimate of drug-likeness (QED) is 0.864. The predicted molar refractivity (Wildman–Crippen MR) is 79.7 cm³/mol. The molecule has 1 aliphatic rings. The van der Waals surface area contributed by atoms with E-state index in [1.807, 2.05) is 29.2 Å². The van der Waals surface area contributed by atoms with Gasteiger partial charge in [-0.1, -0.05) is 25.0 Å². The topological polar surface area (TPSA) is 55.6 Å². The minimum absolute atomic E-state index is 0.176. The molecule has 0 bridgehead atoms. The third-order valence-corrected chi connectivity index (χ3v) is 3.95. The Morgan fingerprint density at radius 1 is 1.40 bits per heavy atom. The highest BCUT2D eigenvalue weighted by molar-refractivity contribution is 5.79. The van der Waals surface area contributed by atoms with E-state index in [9.17, 15) is 4.79 Å². The van der Waals surface area contributed by atoms with Crippen LogP contribution in [0.1, 0.15) is 31.2 Å². The van der Waals surface area contributed by atoms with E-state index in [0.29, 0.717) is 25.6 Å². The second-order valence-corrected chi connectivity index (χ2v) is 5.34. The highest BCUT2D eigenvalue weighted by atomic mass is 16.5. The number of rotatable bonds is 6. The normalized spacial score (nSPS) is 15.3. The van der Waals surface area contributed by atoms with Gasteiger partial charge in [-0.15, -0.1) is 0 Å². The van der Waals surface area contributed by atoms with Gasteiger partial charge < -0.3 is 15.4 Å². The SMILES string of the molecule is COc1cccc(CC(=O)N(CCN)C2CCCC2)c1. The smallest absolute Gasteiger partial charge is 0.227 e. The van der Waals surface area contributed by atoms with Gasteiger partial charge in [-0.2, -0.15) is 0 Å². The standard InChI is InChI=1S/C16H24N2O2/c1-20-15-8-4-5-13(11-15)12-16(19)18(10-9-17)14-6-2-3-7-14/h4-5,8,11,14H,2-3,6-7,9-10,12,17H2,1H3. The number of ether oxygens (including phenoxy) is 1. The molecule has 2 N–H and O–H groups in total. The average Bonchev–Trinajstić information content (AvgIpc) is 2.98. The van der Waals surface area contributed by atoms with Gasteiger partial charge in [0, 0.05) is 19.1 Å². The first-order chi connectivity index (χ1) is 9.74. The molecule has 4 heteroatoms. The van der Waals surface area contributed by atoms with Crippen LogP contribution in [0.15, 0.2) is 24.3 Å². The Balaban J connectivity index is 2.03. The van der Waals surface area contributed by atoms with Gasteiger partial charge in [0.2, 0.25) is 5.91 Å². The van der Waals surface area contributed by atoms with E-state index in [1.54, 1.807) is 7.11 Å². The van der Waals surface area contributed by atoms with Crippen LogP contribution in [0.25, 0.3) is 0 Å². The Morgan fingerprint density at radius 2 is 2.15 bits per heavy atom. The van der Waals surface area contributed by atoms with E-state index in [2.05, 4.69) is 0 Å². The van der Waals surface area contributed by atoms with Gasteiger partial charge in [0.25, 0.3) is 0 Å². The zero-order valence-corrected chi connectivity index (χ0v) is 12.2. The minimum Gasteiger partial charge on any atom is -0.497 e. The number of hydrogen-bond acceptors (Lipinski definition) is 3. The van der Waals surface area contributed by atoms with Crippen molar-refractivity contribution >= 4 is 5.91 Å². The van der Waals surface area contributed by atoms with Gasteiger partial charge in [0.1, 0.15) is 5.75 Å². The zero-order valence-electron chi connectivity index (χ0n) is 12.2. The monoisotopic (exact) mass is 276 g/mol. The highest BCUT2D eigenvalue weighted by Crippen LogP contribution is 2.24. The number of carbonyl (C=O) groups excluding carboxylic acids is 1. The van der Waals surface area contributed by atoms with E-state index >= 15 is 0 Å². The third kappa shape index (κ3) is 3.73. The molecule has 0 spiro atoms. The highest BCUT2D eigenvalue weighted by Gasteiger charge is 2.25. The van der Waals surface area contributed by atoms with Crippen molar-refractivity contribution in [3.8, 4) is 5.75 Å². The van der Waals surface area contributed by atoms with Crippen LogP contribution in [-0.2, 0) is 11.2 Å². The maximum Gasteiger partial charge on any atom is 0.227 e. The fourth-order valence-corrected chi connectivity index (χ4v) is 2.92. The molecule has 0 aliphatic heterocycles. The Morgan fingerprint density at radius 3 is 2.80 bits per heavy atom. The van der Waals surface area contributed by atoms with E-state index < -0.39 is 0 Å². The number of methoxy groups -OCH3 is 1. The van der Waals surface area contributed by atoms with Crippen LogP contribution in [-0.4, -0.2) is 37.0 Å². The molecule has 110 valence electrons. The predicted octanol–water partition coefficient (Wildman–Crippen LogP) is 1.97. The average molecular weight is 276 g/mol. The summed E-state index contributed by atoms with van der Waals surface area (Å²) in [5.74, 6) is 0.970. The van der Waals surface area contributed by atoms with Gasteiger partial charge in [0.05, 0.1) is 13.5 Å². The lowest BCUT2D eigenvalue weighted by Crippen LogP contribution is -2.42. The van der Waals surface area contributed by atoms with Gasteiger partial charge in [-0.3, -0.25) is 4.79 Å². The molecule has 1 aromatic carbocycles. The molecule has 4 nitrogen and oxygen atoms in total. The number of benzene rings is 1. The van der Waals surface area contributed by atoms with E-state index in [-0.39, 0.29) is 5.91 Å². The fraction of sp³-hybridized carbons (Fsp3) is 0.562. The molecule has 1 aromatic rings. The van der Waals surface area contributed by atoms with Crippen LogP contribution < -0.4 is 10.5 Å². The molecule has 20 heavy (non-hydrogen) atoms. The van der Waals surface area contributed by atoms with Gasteiger partial charge >= 0.3 is 0 Å². The van der Waals surface area contributed by atoms with Crippen LogP contribution in [0.4, 0.5) is 0 Å². The maximum absolute atomic E-state index is 12.5. The lowest BCUT2D eigenvalue weighted by molar-refractivity contribution is -0.132. The molecule has 2 rings (SSSR count). The van der Waals surface area contributed by atoms with Crippen molar-refractivity contribution in [2.75, 3.05) is 20.2 Å². The van der Waals surface area contributed by atoms with Crippen molar-refractivity contribution in [1.29, 1.82) is 0 Å². The summed E-state index contributed by atoms with van der Waals surface area (Å²) in [5.41, 5.74) is 6.65. The van der Waals surface area contributed by atoms with Crippen molar-refractivity contribution in [1.82, 2.24) is 4.90 Å². The first-order valence-electron chi connectivity index (χ1n) is 7.37. The lowest BCUT2D eigenvalue weighted by atomic mass is 10.1. The zero-order chi connectivity index (χ0) is 14.4. The van der Waals surface area contributed by atoms with Crippen LogP contribution in [0.5, 0.6) is 5.75 Å². The molecule has 1 aliphatic carbocycles. The number of nitrogens with two attached hydrogens (primary N) is 1. The van der Waals surface area contributed by atoms with E-state index in [4.69, 9.17) is 10.5 Å². The summed E-state index contributed by atoms with van der Waals surface area (Å²) in [7, 11) is 1.64. The second-order valence-electron chi connectivity index (χ2n) is 5.34. The van der Waals surface area contributed by atoms with Crippen LogP contribution in [0.3, 0.4) is 0 Å². The van der Waals surface area contributed by atoms with Crippen molar-refractivity contribution in [3.05, 3.63) is 29.8 Å². The molecule has 0 unspecified atom stereocenters. The van der Waals surface area contributed by atoms with Crippen molar-refractivity contribution in [3.63, 3.8) is 0 Å². The molecule has 0 heterocycles. The Kier molecular flexibility index (Phi) is 5.41. The molecule has 1 amide bonds.